The van der Waals surface area contributed by atoms with Gasteiger partial charge in [0, 0.05) is 13.2 Å². The maximum absolute atomic E-state index is 5.77. The van der Waals surface area contributed by atoms with Crippen LogP contribution in [0.3, 0.4) is 0 Å². The van der Waals surface area contributed by atoms with Crippen LogP contribution in [-0.2, 0) is 9.47 Å². The molecule has 2 heteroatoms. The molecule has 0 amide bonds. The van der Waals surface area contributed by atoms with Gasteiger partial charge in [-0.1, -0.05) is 0 Å². The Morgan fingerprint density at radius 1 is 1.25 bits per heavy atom. The lowest BCUT2D eigenvalue weighted by atomic mass is 9.99. The first-order chi connectivity index (χ1) is 5.84. The third-order valence-corrected chi connectivity index (χ3v) is 2.94. The zero-order chi connectivity index (χ0) is 8.39. The SMILES string of the molecule is CC1CCC(CC2CCOC2)O1. The quantitative estimate of drug-likeness (QED) is 0.631. The second-order valence-corrected chi connectivity index (χ2v) is 4.11. The normalized spacial score (nSPS) is 42.2. The van der Waals surface area contributed by atoms with Crippen molar-refractivity contribution in [1.82, 2.24) is 0 Å². The summed E-state index contributed by atoms with van der Waals surface area (Å²) in [5, 5.41) is 0. The van der Waals surface area contributed by atoms with Gasteiger partial charge in [0.15, 0.2) is 0 Å². The summed E-state index contributed by atoms with van der Waals surface area (Å²) >= 11 is 0. The molecule has 0 aromatic heterocycles. The maximum atomic E-state index is 5.77. The van der Waals surface area contributed by atoms with E-state index in [0.717, 1.165) is 19.1 Å². The van der Waals surface area contributed by atoms with Gasteiger partial charge >= 0.3 is 0 Å². The van der Waals surface area contributed by atoms with E-state index in [9.17, 15) is 0 Å². The zero-order valence-electron chi connectivity index (χ0n) is 7.79. The molecule has 3 unspecified atom stereocenters. The minimum absolute atomic E-state index is 0.498. The molecule has 2 nitrogen and oxygen atoms in total. The van der Waals surface area contributed by atoms with Crippen molar-refractivity contribution in [2.24, 2.45) is 5.92 Å². The van der Waals surface area contributed by atoms with Gasteiger partial charge in [0.1, 0.15) is 0 Å². The van der Waals surface area contributed by atoms with E-state index in [4.69, 9.17) is 9.47 Å². The second kappa shape index (κ2) is 3.75. The molecule has 0 aromatic rings. The Hall–Kier alpha value is -0.0800. The summed E-state index contributed by atoms with van der Waals surface area (Å²) in [7, 11) is 0. The van der Waals surface area contributed by atoms with Crippen LogP contribution in [0.15, 0.2) is 0 Å². The van der Waals surface area contributed by atoms with Gasteiger partial charge in [-0.05, 0) is 38.5 Å². The zero-order valence-corrected chi connectivity index (χ0v) is 7.79. The fraction of sp³-hybridized carbons (Fsp3) is 1.00. The van der Waals surface area contributed by atoms with E-state index in [0.29, 0.717) is 12.2 Å². The summed E-state index contributed by atoms with van der Waals surface area (Å²) in [6.07, 6.45) is 6.01. The number of hydrogen-bond acceptors (Lipinski definition) is 2. The molecule has 2 fully saturated rings. The molecule has 0 spiro atoms. The van der Waals surface area contributed by atoms with Crippen molar-refractivity contribution in [3.8, 4) is 0 Å². The molecule has 0 aromatic carbocycles. The van der Waals surface area contributed by atoms with Crippen molar-refractivity contribution in [2.75, 3.05) is 13.2 Å². The fourth-order valence-corrected chi connectivity index (χ4v) is 2.20. The van der Waals surface area contributed by atoms with Crippen LogP contribution in [0.1, 0.15) is 32.6 Å². The molecule has 0 aliphatic carbocycles. The van der Waals surface area contributed by atoms with Gasteiger partial charge < -0.3 is 9.47 Å². The van der Waals surface area contributed by atoms with Crippen molar-refractivity contribution < 1.29 is 9.47 Å². The van der Waals surface area contributed by atoms with E-state index < -0.39 is 0 Å². The Kier molecular flexibility index (Phi) is 2.66. The van der Waals surface area contributed by atoms with Crippen LogP contribution >= 0.6 is 0 Å². The van der Waals surface area contributed by atoms with E-state index in [1.165, 1.54) is 25.7 Å². The first-order valence-electron chi connectivity index (χ1n) is 5.08. The summed E-state index contributed by atoms with van der Waals surface area (Å²) in [5.74, 6) is 0.778. The van der Waals surface area contributed by atoms with E-state index in [2.05, 4.69) is 6.92 Å². The summed E-state index contributed by atoms with van der Waals surface area (Å²) < 4.78 is 11.1. The van der Waals surface area contributed by atoms with Gasteiger partial charge in [-0.3, -0.25) is 0 Å². The van der Waals surface area contributed by atoms with Crippen LogP contribution in [0.5, 0.6) is 0 Å². The highest BCUT2D eigenvalue weighted by Gasteiger charge is 2.26. The predicted octanol–water partition coefficient (Wildman–Crippen LogP) is 1.98. The van der Waals surface area contributed by atoms with Crippen LogP contribution in [-0.4, -0.2) is 25.4 Å². The van der Waals surface area contributed by atoms with Gasteiger partial charge in [-0.15, -0.1) is 0 Å². The number of ether oxygens (including phenoxy) is 2. The standard InChI is InChI=1S/C10H18O2/c1-8-2-3-10(12-8)6-9-4-5-11-7-9/h8-10H,2-7H2,1H3. The molecule has 0 N–H and O–H groups in total. The largest absolute Gasteiger partial charge is 0.381 e. The van der Waals surface area contributed by atoms with Gasteiger partial charge in [0.2, 0.25) is 0 Å². The van der Waals surface area contributed by atoms with Crippen molar-refractivity contribution in [2.45, 2.75) is 44.8 Å². The molecule has 70 valence electrons. The summed E-state index contributed by atoms with van der Waals surface area (Å²) in [5.41, 5.74) is 0. The van der Waals surface area contributed by atoms with Gasteiger partial charge in [-0.2, -0.15) is 0 Å². The maximum Gasteiger partial charge on any atom is 0.0583 e. The summed E-state index contributed by atoms with van der Waals surface area (Å²) in [6, 6.07) is 0. The van der Waals surface area contributed by atoms with E-state index in [1.807, 2.05) is 0 Å². The average molecular weight is 170 g/mol. The summed E-state index contributed by atoms with van der Waals surface area (Å²) in [4.78, 5) is 0. The van der Waals surface area contributed by atoms with Crippen LogP contribution in [0, 0.1) is 5.92 Å². The topological polar surface area (TPSA) is 18.5 Å². The minimum atomic E-state index is 0.498. The average Bonchev–Trinajstić information content (AvgIpc) is 2.63. The Bertz CT molecular complexity index is 141. The lowest BCUT2D eigenvalue weighted by Crippen LogP contribution is -2.14. The number of rotatable bonds is 2. The van der Waals surface area contributed by atoms with Crippen LogP contribution in [0.2, 0.25) is 0 Å². The molecule has 3 atom stereocenters. The predicted molar refractivity (Wildman–Crippen MR) is 47.1 cm³/mol. The second-order valence-electron chi connectivity index (χ2n) is 4.11. The molecule has 0 saturated carbocycles. The van der Waals surface area contributed by atoms with Gasteiger partial charge in [0.25, 0.3) is 0 Å². The van der Waals surface area contributed by atoms with Crippen molar-refractivity contribution in [3.63, 3.8) is 0 Å². The first kappa shape index (κ1) is 8.52. The smallest absolute Gasteiger partial charge is 0.0583 e. The Labute approximate surface area is 74.2 Å². The highest BCUT2D eigenvalue weighted by atomic mass is 16.5. The number of hydrogen-bond donors (Lipinski definition) is 0. The summed E-state index contributed by atoms with van der Waals surface area (Å²) in [6.45, 7) is 4.10. The van der Waals surface area contributed by atoms with Crippen LogP contribution in [0.4, 0.5) is 0 Å². The van der Waals surface area contributed by atoms with Gasteiger partial charge in [-0.25, -0.2) is 0 Å². The fourth-order valence-electron chi connectivity index (χ4n) is 2.20. The van der Waals surface area contributed by atoms with Crippen molar-refractivity contribution in [1.29, 1.82) is 0 Å². The molecule has 2 aliphatic rings. The molecule has 0 bridgehead atoms. The first-order valence-corrected chi connectivity index (χ1v) is 5.08. The highest BCUT2D eigenvalue weighted by molar-refractivity contribution is 4.75. The lowest BCUT2D eigenvalue weighted by molar-refractivity contribution is 0.0393. The molecular formula is C10H18O2. The third kappa shape index (κ3) is 1.99. The molecule has 2 saturated heterocycles. The molecule has 2 aliphatic heterocycles. The lowest BCUT2D eigenvalue weighted by Gasteiger charge is -2.14. The Morgan fingerprint density at radius 2 is 2.17 bits per heavy atom. The molecule has 12 heavy (non-hydrogen) atoms. The van der Waals surface area contributed by atoms with E-state index in [1.54, 1.807) is 0 Å². The van der Waals surface area contributed by atoms with Crippen molar-refractivity contribution >= 4 is 0 Å². The van der Waals surface area contributed by atoms with Gasteiger partial charge in [0.05, 0.1) is 12.2 Å². The molecular weight excluding hydrogens is 152 g/mol. The van der Waals surface area contributed by atoms with Crippen LogP contribution < -0.4 is 0 Å². The minimum Gasteiger partial charge on any atom is -0.381 e. The monoisotopic (exact) mass is 170 g/mol. The highest BCUT2D eigenvalue weighted by Crippen LogP contribution is 2.27. The van der Waals surface area contributed by atoms with E-state index in [-0.39, 0.29) is 0 Å². The Balaban J connectivity index is 1.72. The molecule has 2 rings (SSSR count). The Morgan fingerprint density at radius 3 is 2.75 bits per heavy atom. The van der Waals surface area contributed by atoms with E-state index >= 15 is 0 Å². The van der Waals surface area contributed by atoms with Crippen LogP contribution in [0.25, 0.3) is 0 Å². The molecule has 0 radical (unpaired) electrons. The third-order valence-electron chi connectivity index (χ3n) is 2.94. The molecule has 2 heterocycles. The van der Waals surface area contributed by atoms with Crippen molar-refractivity contribution in [3.05, 3.63) is 0 Å².